The van der Waals surface area contributed by atoms with Crippen LogP contribution in [0.1, 0.15) is 11.6 Å². The molecule has 4 heteroatoms. The number of rotatable bonds is 3. The standard InChI is InChI=1S/C14H12N4/c1-2-13(11-7-4-3-5-8-11)18-14-12(16-17-18)9-6-10-15-14/h2-10,13H,1H2/t13-/m1/s1. The normalized spacial score (nSPS) is 12.4. The lowest BCUT2D eigenvalue weighted by Crippen LogP contribution is -2.10. The molecule has 0 amide bonds. The van der Waals surface area contributed by atoms with E-state index in [-0.39, 0.29) is 6.04 Å². The number of allylic oxidation sites excluding steroid dienone is 1. The molecule has 2 heterocycles. The minimum absolute atomic E-state index is 0.0499. The Labute approximate surface area is 105 Å². The molecule has 0 aliphatic rings. The van der Waals surface area contributed by atoms with Crippen LogP contribution in [-0.2, 0) is 0 Å². The van der Waals surface area contributed by atoms with Gasteiger partial charge in [-0.15, -0.1) is 11.7 Å². The minimum Gasteiger partial charge on any atom is -0.235 e. The van der Waals surface area contributed by atoms with Crippen molar-refractivity contribution in [1.29, 1.82) is 0 Å². The molecule has 88 valence electrons. The molecule has 0 aliphatic carbocycles. The van der Waals surface area contributed by atoms with Crippen molar-refractivity contribution in [3.63, 3.8) is 0 Å². The van der Waals surface area contributed by atoms with Gasteiger partial charge in [0, 0.05) is 6.20 Å². The Bertz CT molecular complexity index is 672. The van der Waals surface area contributed by atoms with Crippen molar-refractivity contribution >= 4 is 11.2 Å². The fraction of sp³-hybridized carbons (Fsp3) is 0.0714. The third kappa shape index (κ3) is 1.68. The van der Waals surface area contributed by atoms with Crippen LogP contribution in [0.3, 0.4) is 0 Å². The Morgan fingerprint density at radius 1 is 1.11 bits per heavy atom. The van der Waals surface area contributed by atoms with Crippen LogP contribution in [-0.4, -0.2) is 20.0 Å². The average Bonchev–Trinajstić information content (AvgIpc) is 2.85. The van der Waals surface area contributed by atoms with Gasteiger partial charge in [-0.3, -0.25) is 0 Å². The molecule has 0 aliphatic heterocycles. The minimum atomic E-state index is -0.0499. The van der Waals surface area contributed by atoms with Crippen molar-refractivity contribution < 1.29 is 0 Å². The van der Waals surface area contributed by atoms with E-state index in [1.165, 1.54) is 0 Å². The summed E-state index contributed by atoms with van der Waals surface area (Å²) >= 11 is 0. The maximum absolute atomic E-state index is 4.33. The largest absolute Gasteiger partial charge is 0.235 e. The average molecular weight is 236 g/mol. The molecule has 1 aromatic carbocycles. The maximum Gasteiger partial charge on any atom is 0.179 e. The van der Waals surface area contributed by atoms with Crippen LogP contribution in [0, 0.1) is 0 Å². The molecule has 2 aromatic heterocycles. The smallest absolute Gasteiger partial charge is 0.179 e. The first-order valence-electron chi connectivity index (χ1n) is 5.73. The summed E-state index contributed by atoms with van der Waals surface area (Å²) in [4.78, 5) is 4.33. The van der Waals surface area contributed by atoms with E-state index >= 15 is 0 Å². The van der Waals surface area contributed by atoms with Gasteiger partial charge in [0.15, 0.2) is 5.65 Å². The number of hydrogen-bond acceptors (Lipinski definition) is 3. The van der Waals surface area contributed by atoms with Gasteiger partial charge in [0.25, 0.3) is 0 Å². The van der Waals surface area contributed by atoms with E-state index in [1.807, 2.05) is 48.5 Å². The molecule has 0 saturated carbocycles. The molecule has 0 fully saturated rings. The predicted molar refractivity (Wildman–Crippen MR) is 70.1 cm³/mol. The highest BCUT2D eigenvalue weighted by Crippen LogP contribution is 2.21. The van der Waals surface area contributed by atoms with Gasteiger partial charge >= 0.3 is 0 Å². The summed E-state index contributed by atoms with van der Waals surface area (Å²) in [6.07, 6.45) is 3.59. The van der Waals surface area contributed by atoms with E-state index in [4.69, 9.17) is 0 Å². The number of fused-ring (bicyclic) bond motifs is 1. The van der Waals surface area contributed by atoms with Crippen LogP contribution >= 0.6 is 0 Å². The Kier molecular flexibility index (Phi) is 2.61. The summed E-state index contributed by atoms with van der Waals surface area (Å²) in [5, 5.41) is 8.29. The monoisotopic (exact) mass is 236 g/mol. The summed E-state index contributed by atoms with van der Waals surface area (Å²) in [6.45, 7) is 3.88. The molecule has 0 bridgehead atoms. The fourth-order valence-electron chi connectivity index (χ4n) is 2.00. The lowest BCUT2D eigenvalue weighted by Gasteiger charge is -2.12. The van der Waals surface area contributed by atoms with Crippen molar-refractivity contribution in [2.24, 2.45) is 0 Å². The van der Waals surface area contributed by atoms with Gasteiger partial charge in [0.05, 0.1) is 6.04 Å². The SMILES string of the molecule is C=C[C@H](c1ccccc1)n1nnc2cccnc21. The Balaban J connectivity index is 2.15. The number of benzene rings is 1. The second-order valence-corrected chi connectivity index (χ2v) is 3.97. The van der Waals surface area contributed by atoms with Crippen LogP contribution < -0.4 is 0 Å². The first-order chi connectivity index (χ1) is 8.90. The van der Waals surface area contributed by atoms with E-state index in [2.05, 4.69) is 21.9 Å². The van der Waals surface area contributed by atoms with E-state index in [1.54, 1.807) is 10.9 Å². The lowest BCUT2D eigenvalue weighted by molar-refractivity contribution is 0.599. The zero-order valence-corrected chi connectivity index (χ0v) is 9.77. The molecule has 3 aromatic rings. The summed E-state index contributed by atoms with van der Waals surface area (Å²) < 4.78 is 1.79. The van der Waals surface area contributed by atoms with Crippen LogP contribution in [0.15, 0.2) is 61.3 Å². The van der Waals surface area contributed by atoms with Gasteiger partial charge < -0.3 is 0 Å². The van der Waals surface area contributed by atoms with Crippen molar-refractivity contribution in [3.8, 4) is 0 Å². The van der Waals surface area contributed by atoms with Crippen LogP contribution in [0.4, 0.5) is 0 Å². The van der Waals surface area contributed by atoms with Gasteiger partial charge in [-0.05, 0) is 17.7 Å². The third-order valence-corrected chi connectivity index (χ3v) is 2.86. The van der Waals surface area contributed by atoms with Crippen molar-refractivity contribution in [2.75, 3.05) is 0 Å². The number of nitrogens with zero attached hydrogens (tertiary/aromatic N) is 4. The lowest BCUT2D eigenvalue weighted by atomic mass is 10.1. The molecule has 3 rings (SSSR count). The van der Waals surface area contributed by atoms with Crippen molar-refractivity contribution in [3.05, 3.63) is 66.9 Å². The zero-order valence-electron chi connectivity index (χ0n) is 9.77. The number of pyridine rings is 1. The maximum atomic E-state index is 4.33. The van der Waals surface area contributed by atoms with E-state index in [9.17, 15) is 0 Å². The second kappa shape index (κ2) is 4.41. The van der Waals surface area contributed by atoms with Gasteiger partial charge in [-0.25, -0.2) is 9.67 Å². The highest BCUT2D eigenvalue weighted by atomic mass is 15.4. The van der Waals surface area contributed by atoms with Gasteiger partial charge in [0.2, 0.25) is 0 Å². The first-order valence-corrected chi connectivity index (χ1v) is 5.73. The molecule has 0 radical (unpaired) electrons. The highest BCUT2D eigenvalue weighted by Gasteiger charge is 2.14. The molecule has 0 spiro atoms. The summed E-state index contributed by atoms with van der Waals surface area (Å²) in [6, 6.07) is 13.8. The molecule has 0 unspecified atom stereocenters. The molecule has 0 saturated heterocycles. The molecular weight excluding hydrogens is 224 g/mol. The van der Waals surface area contributed by atoms with E-state index < -0.39 is 0 Å². The van der Waals surface area contributed by atoms with E-state index in [0.717, 1.165) is 16.7 Å². The second-order valence-electron chi connectivity index (χ2n) is 3.97. The van der Waals surface area contributed by atoms with E-state index in [0.29, 0.717) is 0 Å². The summed E-state index contributed by atoms with van der Waals surface area (Å²) in [7, 11) is 0. The Morgan fingerprint density at radius 3 is 2.72 bits per heavy atom. The highest BCUT2D eigenvalue weighted by molar-refractivity contribution is 5.69. The topological polar surface area (TPSA) is 43.6 Å². The summed E-state index contributed by atoms with van der Waals surface area (Å²) in [5.41, 5.74) is 2.68. The molecule has 0 N–H and O–H groups in total. The quantitative estimate of drug-likeness (QED) is 0.656. The number of hydrogen-bond donors (Lipinski definition) is 0. The van der Waals surface area contributed by atoms with Crippen LogP contribution in [0.5, 0.6) is 0 Å². The van der Waals surface area contributed by atoms with Crippen LogP contribution in [0.2, 0.25) is 0 Å². The summed E-state index contributed by atoms with van der Waals surface area (Å²) in [5.74, 6) is 0. The Hall–Kier alpha value is -2.49. The number of aromatic nitrogens is 4. The van der Waals surface area contributed by atoms with Gasteiger partial charge in [0.1, 0.15) is 5.52 Å². The molecule has 18 heavy (non-hydrogen) atoms. The van der Waals surface area contributed by atoms with Crippen LogP contribution in [0.25, 0.3) is 11.2 Å². The van der Waals surface area contributed by atoms with Gasteiger partial charge in [-0.2, -0.15) is 0 Å². The molecule has 4 nitrogen and oxygen atoms in total. The molecule has 1 atom stereocenters. The van der Waals surface area contributed by atoms with Crippen molar-refractivity contribution in [1.82, 2.24) is 20.0 Å². The first kappa shape index (κ1) is 10.7. The molecular formula is C14H12N4. The fourth-order valence-corrected chi connectivity index (χ4v) is 2.00. The van der Waals surface area contributed by atoms with Crippen molar-refractivity contribution in [2.45, 2.75) is 6.04 Å². The Morgan fingerprint density at radius 2 is 1.94 bits per heavy atom. The zero-order chi connectivity index (χ0) is 12.4. The predicted octanol–water partition coefficient (Wildman–Crippen LogP) is 2.60. The van der Waals surface area contributed by atoms with Gasteiger partial charge in [-0.1, -0.05) is 41.6 Å². The third-order valence-electron chi connectivity index (χ3n) is 2.86.